The number of aryl methyl sites for hydroxylation is 1. The zero-order valence-corrected chi connectivity index (χ0v) is 15.6. The molecule has 1 saturated heterocycles. The normalized spacial score (nSPS) is 19.7. The van der Waals surface area contributed by atoms with Crippen molar-refractivity contribution in [3.63, 3.8) is 0 Å². The summed E-state index contributed by atoms with van der Waals surface area (Å²) in [6.45, 7) is 3.34. The van der Waals surface area contributed by atoms with Crippen molar-refractivity contribution in [3.8, 4) is 5.75 Å². The van der Waals surface area contributed by atoms with E-state index in [1.807, 2.05) is 48.0 Å². The fourth-order valence-electron chi connectivity index (χ4n) is 3.56. The van der Waals surface area contributed by atoms with Crippen LogP contribution in [0.3, 0.4) is 0 Å². The number of ether oxygens (including phenoxy) is 1. The Morgan fingerprint density at radius 3 is 2.78 bits per heavy atom. The van der Waals surface area contributed by atoms with Crippen LogP contribution in [0.5, 0.6) is 5.75 Å². The molecule has 2 atom stereocenters. The number of aromatic nitrogens is 2. The molecule has 0 aliphatic carbocycles. The summed E-state index contributed by atoms with van der Waals surface area (Å²) in [5, 5.41) is 0. The molecule has 2 heterocycles. The van der Waals surface area contributed by atoms with Crippen LogP contribution in [0.2, 0.25) is 0 Å². The van der Waals surface area contributed by atoms with E-state index in [1.54, 1.807) is 11.1 Å². The first kappa shape index (κ1) is 18.9. The van der Waals surface area contributed by atoms with E-state index in [1.165, 1.54) is 0 Å². The topological polar surface area (TPSA) is 90.4 Å². The van der Waals surface area contributed by atoms with Crippen molar-refractivity contribution >= 4 is 11.8 Å². The van der Waals surface area contributed by atoms with Gasteiger partial charge in [-0.2, -0.15) is 0 Å². The average Bonchev–Trinajstić information content (AvgIpc) is 3.10. The maximum atomic E-state index is 12.8. The third-order valence-electron chi connectivity index (χ3n) is 4.93. The molecule has 1 aromatic heterocycles. The van der Waals surface area contributed by atoms with Crippen molar-refractivity contribution in [2.45, 2.75) is 38.8 Å². The van der Waals surface area contributed by atoms with Gasteiger partial charge in [0.2, 0.25) is 11.8 Å². The molecule has 1 aromatic carbocycles. The van der Waals surface area contributed by atoms with Crippen LogP contribution in [0, 0.1) is 5.92 Å². The molecule has 1 aliphatic rings. The number of amides is 2. The number of piperidine rings is 1. The average molecular weight is 370 g/mol. The van der Waals surface area contributed by atoms with E-state index >= 15 is 0 Å². The van der Waals surface area contributed by atoms with E-state index < -0.39 is 0 Å². The van der Waals surface area contributed by atoms with Gasteiger partial charge in [-0.25, -0.2) is 4.98 Å². The molecule has 2 aromatic rings. The lowest BCUT2D eigenvalue weighted by Crippen LogP contribution is -2.49. The summed E-state index contributed by atoms with van der Waals surface area (Å²) in [7, 11) is 0. The lowest BCUT2D eigenvalue weighted by atomic mass is 9.91. The molecule has 0 spiro atoms. The second-order valence-electron chi connectivity index (χ2n) is 6.85. The Hall–Kier alpha value is -2.83. The van der Waals surface area contributed by atoms with E-state index in [0.29, 0.717) is 19.5 Å². The maximum absolute atomic E-state index is 12.8. The van der Waals surface area contributed by atoms with Crippen LogP contribution in [-0.4, -0.2) is 45.5 Å². The van der Waals surface area contributed by atoms with Crippen molar-refractivity contribution < 1.29 is 14.3 Å². The summed E-state index contributed by atoms with van der Waals surface area (Å²) in [6, 6.07) is 9.53. The zero-order valence-electron chi connectivity index (χ0n) is 15.6. The summed E-state index contributed by atoms with van der Waals surface area (Å²) < 4.78 is 7.95. The second kappa shape index (κ2) is 8.70. The third-order valence-corrected chi connectivity index (χ3v) is 4.93. The van der Waals surface area contributed by atoms with E-state index in [2.05, 4.69) is 4.98 Å². The minimum atomic E-state index is -0.376. The molecular formula is C20H26N4O3. The first-order valence-corrected chi connectivity index (χ1v) is 9.34. The van der Waals surface area contributed by atoms with Gasteiger partial charge in [-0.15, -0.1) is 0 Å². The minimum absolute atomic E-state index is 0.0235. The Balaban J connectivity index is 1.66. The zero-order chi connectivity index (χ0) is 19.2. The van der Waals surface area contributed by atoms with Gasteiger partial charge in [0.15, 0.2) is 0 Å². The van der Waals surface area contributed by atoms with E-state index in [0.717, 1.165) is 18.0 Å². The van der Waals surface area contributed by atoms with Gasteiger partial charge < -0.3 is 19.9 Å². The number of hydrogen-bond acceptors (Lipinski definition) is 4. The number of carbonyl (C=O) groups excluding carboxylic acids is 2. The van der Waals surface area contributed by atoms with Gasteiger partial charge in [-0.3, -0.25) is 9.59 Å². The number of carbonyl (C=O) groups is 2. The van der Waals surface area contributed by atoms with Crippen molar-refractivity contribution in [1.82, 2.24) is 14.5 Å². The molecule has 7 nitrogen and oxygen atoms in total. The van der Waals surface area contributed by atoms with Gasteiger partial charge in [-0.1, -0.05) is 25.1 Å². The molecule has 2 amide bonds. The van der Waals surface area contributed by atoms with Crippen molar-refractivity contribution in [1.29, 1.82) is 0 Å². The summed E-state index contributed by atoms with van der Waals surface area (Å²) in [5.74, 6) is 1.19. The molecule has 1 fully saturated rings. The largest absolute Gasteiger partial charge is 0.490 e. The molecule has 0 radical (unpaired) electrons. The monoisotopic (exact) mass is 370 g/mol. The highest BCUT2D eigenvalue weighted by molar-refractivity contribution is 5.77. The van der Waals surface area contributed by atoms with Gasteiger partial charge in [-0.05, 0) is 12.1 Å². The summed E-state index contributed by atoms with van der Waals surface area (Å²) >= 11 is 0. The van der Waals surface area contributed by atoms with Gasteiger partial charge in [0.25, 0.3) is 0 Å². The third kappa shape index (κ3) is 4.87. The SMILES string of the molecule is CCc1nccn1CC(=O)N1CC[C@H](Oc2ccccc2)[C@@H](CC(N)=O)C1. The number of imidazole rings is 1. The fourth-order valence-corrected chi connectivity index (χ4v) is 3.56. The van der Waals surface area contributed by atoms with Crippen molar-refractivity contribution in [3.05, 3.63) is 48.5 Å². The maximum Gasteiger partial charge on any atom is 0.242 e. The molecule has 0 unspecified atom stereocenters. The Morgan fingerprint density at radius 2 is 2.07 bits per heavy atom. The quantitative estimate of drug-likeness (QED) is 0.802. The van der Waals surface area contributed by atoms with E-state index in [9.17, 15) is 9.59 Å². The molecule has 27 heavy (non-hydrogen) atoms. The molecule has 7 heteroatoms. The van der Waals surface area contributed by atoms with Gasteiger partial charge in [0.1, 0.15) is 24.2 Å². The Morgan fingerprint density at radius 1 is 1.30 bits per heavy atom. The Bertz CT molecular complexity index is 775. The Kier molecular flexibility index (Phi) is 6.11. The van der Waals surface area contributed by atoms with E-state index in [-0.39, 0.29) is 36.8 Å². The summed E-state index contributed by atoms with van der Waals surface area (Å²) in [4.78, 5) is 30.3. The van der Waals surface area contributed by atoms with Crippen LogP contribution in [0.4, 0.5) is 0 Å². The van der Waals surface area contributed by atoms with Crippen LogP contribution in [0.1, 0.15) is 25.6 Å². The van der Waals surface area contributed by atoms with Crippen molar-refractivity contribution in [2.24, 2.45) is 11.7 Å². The molecule has 3 rings (SSSR count). The number of benzene rings is 1. The molecular weight excluding hydrogens is 344 g/mol. The number of likely N-dealkylation sites (tertiary alicyclic amines) is 1. The van der Waals surface area contributed by atoms with Crippen LogP contribution in [0.15, 0.2) is 42.7 Å². The summed E-state index contributed by atoms with van der Waals surface area (Å²) in [5.41, 5.74) is 5.44. The lowest BCUT2D eigenvalue weighted by Gasteiger charge is -2.38. The van der Waals surface area contributed by atoms with Gasteiger partial charge in [0, 0.05) is 50.7 Å². The predicted octanol–water partition coefficient (Wildman–Crippen LogP) is 1.62. The Labute approximate surface area is 159 Å². The number of nitrogens with two attached hydrogens (primary N) is 1. The number of nitrogens with zero attached hydrogens (tertiary/aromatic N) is 3. The number of rotatable bonds is 7. The number of primary amides is 1. The molecule has 1 aliphatic heterocycles. The fraction of sp³-hybridized carbons (Fsp3) is 0.450. The van der Waals surface area contributed by atoms with Gasteiger partial charge >= 0.3 is 0 Å². The lowest BCUT2D eigenvalue weighted by molar-refractivity contribution is -0.136. The van der Waals surface area contributed by atoms with E-state index in [4.69, 9.17) is 10.5 Å². The standard InChI is InChI=1S/C20H26N4O3/c1-2-19-22-9-11-23(19)14-20(26)24-10-8-17(15(13-24)12-18(21)25)27-16-6-4-3-5-7-16/h3-7,9,11,15,17H,2,8,10,12-14H2,1H3,(H2,21,25)/t15-,17-/m0/s1. The highest BCUT2D eigenvalue weighted by atomic mass is 16.5. The van der Waals surface area contributed by atoms with Crippen molar-refractivity contribution in [2.75, 3.05) is 13.1 Å². The highest BCUT2D eigenvalue weighted by Gasteiger charge is 2.34. The first-order valence-electron chi connectivity index (χ1n) is 9.34. The molecule has 0 bridgehead atoms. The minimum Gasteiger partial charge on any atom is -0.490 e. The molecule has 2 N–H and O–H groups in total. The first-order chi connectivity index (χ1) is 13.1. The number of para-hydroxylation sites is 1. The van der Waals surface area contributed by atoms with Gasteiger partial charge in [0.05, 0.1) is 0 Å². The second-order valence-corrected chi connectivity index (χ2v) is 6.85. The van der Waals surface area contributed by atoms with Crippen LogP contribution in [0.25, 0.3) is 0 Å². The summed E-state index contributed by atoms with van der Waals surface area (Å²) in [6.07, 6.45) is 5.04. The molecule has 0 saturated carbocycles. The highest BCUT2D eigenvalue weighted by Crippen LogP contribution is 2.25. The van der Waals surface area contributed by atoms with Crippen LogP contribution < -0.4 is 10.5 Å². The van der Waals surface area contributed by atoms with Crippen LogP contribution in [-0.2, 0) is 22.6 Å². The molecule has 144 valence electrons. The smallest absolute Gasteiger partial charge is 0.242 e. The van der Waals surface area contributed by atoms with Crippen LogP contribution >= 0.6 is 0 Å². The predicted molar refractivity (Wildman–Crippen MR) is 101 cm³/mol. The number of hydrogen-bond donors (Lipinski definition) is 1.